The van der Waals surface area contributed by atoms with Gasteiger partial charge in [-0.05, 0) is 42.9 Å². The van der Waals surface area contributed by atoms with Gasteiger partial charge < -0.3 is 20.4 Å². The first-order chi connectivity index (χ1) is 11.1. The standard InChI is InChI=1S/C17H22N2O4/c20-9-2-1-4-11-5-3-6-12-13(11)10-19(17(12)23)14-7-8-15(21)18-16(14)22/h3,5-6,14,16,20,22H,1-2,4,7-10H2,(H,18,21). The number of hydrogen-bond donors (Lipinski definition) is 3. The molecule has 2 amide bonds. The second-order valence-electron chi connectivity index (χ2n) is 6.18. The van der Waals surface area contributed by atoms with Gasteiger partial charge in [-0.25, -0.2) is 0 Å². The highest BCUT2D eigenvalue weighted by atomic mass is 16.3. The van der Waals surface area contributed by atoms with Crippen molar-refractivity contribution < 1.29 is 19.8 Å². The third-order valence-corrected chi connectivity index (χ3v) is 4.69. The van der Waals surface area contributed by atoms with Crippen LogP contribution in [-0.4, -0.2) is 45.8 Å². The van der Waals surface area contributed by atoms with Crippen LogP contribution in [0.5, 0.6) is 0 Å². The van der Waals surface area contributed by atoms with Crippen LogP contribution in [0.4, 0.5) is 0 Å². The molecule has 0 radical (unpaired) electrons. The first-order valence-corrected chi connectivity index (χ1v) is 8.12. The van der Waals surface area contributed by atoms with Crippen molar-refractivity contribution in [2.24, 2.45) is 0 Å². The molecule has 0 aromatic heterocycles. The van der Waals surface area contributed by atoms with Gasteiger partial charge >= 0.3 is 0 Å². The summed E-state index contributed by atoms with van der Waals surface area (Å²) >= 11 is 0. The number of benzene rings is 1. The Kier molecular flexibility index (Phi) is 4.63. The number of unbranched alkanes of at least 4 members (excludes halogenated alkanes) is 1. The van der Waals surface area contributed by atoms with Crippen LogP contribution in [0.1, 0.15) is 47.2 Å². The van der Waals surface area contributed by atoms with Gasteiger partial charge in [0.05, 0.1) is 6.04 Å². The highest BCUT2D eigenvalue weighted by molar-refractivity contribution is 5.99. The second kappa shape index (κ2) is 6.68. The van der Waals surface area contributed by atoms with Gasteiger partial charge in [-0.1, -0.05) is 12.1 Å². The van der Waals surface area contributed by atoms with Crippen molar-refractivity contribution in [1.29, 1.82) is 0 Å². The Morgan fingerprint density at radius 3 is 2.83 bits per heavy atom. The quantitative estimate of drug-likeness (QED) is 0.692. The number of aliphatic hydroxyl groups is 2. The molecule has 1 fully saturated rings. The predicted octanol–water partition coefficient (Wildman–Crippen LogP) is 0.554. The third-order valence-electron chi connectivity index (χ3n) is 4.69. The number of nitrogens with zero attached hydrogens (tertiary/aromatic N) is 1. The molecule has 2 heterocycles. The smallest absolute Gasteiger partial charge is 0.254 e. The summed E-state index contributed by atoms with van der Waals surface area (Å²) in [7, 11) is 0. The van der Waals surface area contributed by atoms with Crippen LogP contribution >= 0.6 is 0 Å². The Labute approximate surface area is 135 Å². The van der Waals surface area contributed by atoms with Gasteiger partial charge in [0.15, 0.2) is 0 Å². The number of hydrogen-bond acceptors (Lipinski definition) is 4. The monoisotopic (exact) mass is 318 g/mol. The zero-order valence-electron chi connectivity index (χ0n) is 13.0. The number of carbonyl (C=O) groups excluding carboxylic acids is 2. The Bertz CT molecular complexity index is 617. The number of aryl methyl sites for hydroxylation is 1. The molecule has 2 aliphatic rings. The van der Waals surface area contributed by atoms with Crippen molar-refractivity contribution in [3.8, 4) is 0 Å². The van der Waals surface area contributed by atoms with E-state index >= 15 is 0 Å². The summed E-state index contributed by atoms with van der Waals surface area (Å²) in [6, 6.07) is 5.35. The van der Waals surface area contributed by atoms with E-state index in [-0.39, 0.29) is 24.5 Å². The largest absolute Gasteiger partial charge is 0.396 e. The summed E-state index contributed by atoms with van der Waals surface area (Å²) in [5.74, 6) is -0.258. The summed E-state index contributed by atoms with van der Waals surface area (Å²) in [4.78, 5) is 25.7. The third kappa shape index (κ3) is 3.09. The molecule has 1 aromatic carbocycles. The molecule has 3 rings (SSSR count). The number of fused-ring (bicyclic) bond motifs is 1. The Morgan fingerprint density at radius 1 is 1.26 bits per heavy atom. The maximum Gasteiger partial charge on any atom is 0.254 e. The molecule has 6 heteroatoms. The molecule has 0 saturated carbocycles. The molecule has 0 aliphatic carbocycles. The average Bonchev–Trinajstić information content (AvgIpc) is 2.86. The lowest BCUT2D eigenvalue weighted by Gasteiger charge is -2.35. The summed E-state index contributed by atoms with van der Waals surface area (Å²) in [5.41, 5.74) is 2.83. The first-order valence-electron chi connectivity index (χ1n) is 8.12. The van der Waals surface area contributed by atoms with E-state index in [2.05, 4.69) is 5.32 Å². The SMILES string of the molecule is O=C1CCC(N2Cc3c(CCCCO)cccc3C2=O)C(O)N1. The molecule has 3 N–H and O–H groups in total. The summed E-state index contributed by atoms with van der Waals surface area (Å²) in [6.07, 6.45) is 2.25. The molecule has 2 unspecified atom stereocenters. The van der Waals surface area contributed by atoms with Gasteiger partial charge in [-0.15, -0.1) is 0 Å². The van der Waals surface area contributed by atoms with E-state index < -0.39 is 6.23 Å². The van der Waals surface area contributed by atoms with Crippen molar-refractivity contribution in [1.82, 2.24) is 10.2 Å². The number of piperidine rings is 1. The van der Waals surface area contributed by atoms with E-state index in [0.717, 1.165) is 30.4 Å². The summed E-state index contributed by atoms with van der Waals surface area (Å²) in [6.45, 7) is 0.648. The van der Waals surface area contributed by atoms with Crippen molar-refractivity contribution in [3.05, 3.63) is 34.9 Å². The van der Waals surface area contributed by atoms with E-state index in [1.54, 1.807) is 4.90 Å². The van der Waals surface area contributed by atoms with Crippen molar-refractivity contribution in [3.63, 3.8) is 0 Å². The molecule has 0 spiro atoms. The molecule has 2 aliphatic heterocycles. The number of nitrogens with one attached hydrogen (secondary N) is 1. The Balaban J connectivity index is 1.78. The molecule has 124 valence electrons. The topological polar surface area (TPSA) is 89.9 Å². The van der Waals surface area contributed by atoms with Gasteiger partial charge in [0, 0.05) is 25.1 Å². The zero-order valence-corrected chi connectivity index (χ0v) is 13.0. The molecule has 0 bridgehead atoms. The number of aliphatic hydroxyl groups excluding tert-OH is 2. The van der Waals surface area contributed by atoms with Crippen LogP contribution in [0.3, 0.4) is 0 Å². The summed E-state index contributed by atoms with van der Waals surface area (Å²) in [5, 5.41) is 21.5. The molecule has 1 aromatic rings. The average molecular weight is 318 g/mol. The number of rotatable bonds is 5. The van der Waals surface area contributed by atoms with Crippen LogP contribution < -0.4 is 5.32 Å². The zero-order chi connectivity index (χ0) is 16.4. The fraction of sp³-hybridized carbons (Fsp3) is 0.529. The Hall–Kier alpha value is -1.92. The predicted molar refractivity (Wildman–Crippen MR) is 83.5 cm³/mol. The number of carbonyl (C=O) groups is 2. The molecule has 1 saturated heterocycles. The van der Waals surface area contributed by atoms with Crippen molar-refractivity contribution in [2.45, 2.75) is 50.9 Å². The van der Waals surface area contributed by atoms with Crippen LogP contribution in [-0.2, 0) is 17.8 Å². The van der Waals surface area contributed by atoms with Gasteiger partial charge in [0.25, 0.3) is 5.91 Å². The lowest BCUT2D eigenvalue weighted by Crippen LogP contribution is -2.55. The molecule has 23 heavy (non-hydrogen) atoms. The molecular weight excluding hydrogens is 296 g/mol. The van der Waals surface area contributed by atoms with Crippen LogP contribution in [0.15, 0.2) is 18.2 Å². The fourth-order valence-electron chi connectivity index (χ4n) is 3.44. The minimum absolute atomic E-state index is 0.0794. The number of amides is 2. The van der Waals surface area contributed by atoms with E-state index in [9.17, 15) is 14.7 Å². The van der Waals surface area contributed by atoms with E-state index in [1.165, 1.54) is 0 Å². The van der Waals surface area contributed by atoms with Crippen molar-refractivity contribution >= 4 is 11.8 Å². The van der Waals surface area contributed by atoms with E-state index in [4.69, 9.17) is 5.11 Å². The maximum absolute atomic E-state index is 12.7. The normalized spacial score (nSPS) is 23.8. The highest BCUT2D eigenvalue weighted by Gasteiger charge is 2.39. The van der Waals surface area contributed by atoms with Crippen LogP contribution in [0, 0.1) is 0 Å². The van der Waals surface area contributed by atoms with Gasteiger partial charge in [0.2, 0.25) is 5.91 Å². The fourth-order valence-corrected chi connectivity index (χ4v) is 3.44. The lowest BCUT2D eigenvalue weighted by atomic mass is 9.99. The molecule has 6 nitrogen and oxygen atoms in total. The van der Waals surface area contributed by atoms with Gasteiger partial charge in [-0.3, -0.25) is 9.59 Å². The van der Waals surface area contributed by atoms with E-state index in [0.29, 0.717) is 24.9 Å². The van der Waals surface area contributed by atoms with Gasteiger partial charge in [-0.2, -0.15) is 0 Å². The maximum atomic E-state index is 12.7. The lowest BCUT2D eigenvalue weighted by molar-refractivity contribution is -0.129. The minimum atomic E-state index is -1.01. The molecular formula is C17H22N2O4. The van der Waals surface area contributed by atoms with E-state index in [1.807, 2.05) is 18.2 Å². The molecule has 2 atom stereocenters. The second-order valence-corrected chi connectivity index (χ2v) is 6.18. The van der Waals surface area contributed by atoms with Crippen molar-refractivity contribution in [2.75, 3.05) is 6.61 Å². The first kappa shape index (κ1) is 16.0. The van der Waals surface area contributed by atoms with Gasteiger partial charge in [0.1, 0.15) is 6.23 Å². The van der Waals surface area contributed by atoms with Crippen LogP contribution in [0.25, 0.3) is 0 Å². The minimum Gasteiger partial charge on any atom is -0.396 e. The highest BCUT2D eigenvalue weighted by Crippen LogP contribution is 2.31. The Morgan fingerprint density at radius 2 is 2.09 bits per heavy atom. The van der Waals surface area contributed by atoms with Crippen LogP contribution in [0.2, 0.25) is 0 Å². The summed E-state index contributed by atoms with van der Waals surface area (Å²) < 4.78 is 0.